The predicted octanol–water partition coefficient (Wildman–Crippen LogP) is 3.45. The molecule has 2 unspecified atom stereocenters. The maximum Gasteiger partial charge on any atom is 0.323 e. The van der Waals surface area contributed by atoms with Crippen molar-refractivity contribution in [2.24, 2.45) is 11.3 Å². The highest BCUT2D eigenvalue weighted by atomic mass is 16.4. The Morgan fingerprint density at radius 1 is 1.30 bits per heavy atom. The largest absolute Gasteiger partial charge is 0.480 e. The molecule has 110 valence electrons. The molecule has 2 atom stereocenters. The van der Waals surface area contributed by atoms with Gasteiger partial charge in [-0.25, -0.2) is 0 Å². The quantitative estimate of drug-likeness (QED) is 0.885. The molecule has 0 saturated heterocycles. The van der Waals surface area contributed by atoms with Gasteiger partial charge in [0, 0.05) is 6.54 Å². The first-order chi connectivity index (χ1) is 9.33. The number of rotatable bonds is 4. The maximum absolute atomic E-state index is 11.9. The molecule has 2 rings (SSSR count). The second-order valence-corrected chi connectivity index (χ2v) is 7.08. The number of hydrogen-bond donors (Lipinski definition) is 2. The van der Waals surface area contributed by atoms with Crippen LogP contribution in [-0.2, 0) is 11.3 Å². The van der Waals surface area contributed by atoms with Crippen molar-refractivity contribution in [3.8, 4) is 0 Å². The van der Waals surface area contributed by atoms with Crippen LogP contribution >= 0.6 is 0 Å². The van der Waals surface area contributed by atoms with Crippen LogP contribution in [0.2, 0.25) is 0 Å². The molecular weight excluding hydrogens is 250 g/mol. The highest BCUT2D eigenvalue weighted by molar-refractivity contribution is 5.79. The van der Waals surface area contributed by atoms with Crippen molar-refractivity contribution in [2.75, 3.05) is 0 Å². The van der Waals surface area contributed by atoms with E-state index in [0.29, 0.717) is 25.3 Å². The van der Waals surface area contributed by atoms with Gasteiger partial charge in [0.05, 0.1) is 0 Å². The van der Waals surface area contributed by atoms with E-state index in [1.165, 1.54) is 0 Å². The first-order valence-electron chi connectivity index (χ1n) is 7.35. The van der Waals surface area contributed by atoms with Gasteiger partial charge in [-0.2, -0.15) is 0 Å². The molecule has 1 fully saturated rings. The Hall–Kier alpha value is -1.35. The molecule has 0 aromatic heterocycles. The zero-order valence-corrected chi connectivity index (χ0v) is 12.6. The third-order valence-electron chi connectivity index (χ3n) is 4.26. The van der Waals surface area contributed by atoms with Crippen LogP contribution in [0.15, 0.2) is 30.3 Å². The lowest BCUT2D eigenvalue weighted by Gasteiger charge is -2.45. The van der Waals surface area contributed by atoms with Gasteiger partial charge in [-0.15, -0.1) is 0 Å². The zero-order valence-electron chi connectivity index (χ0n) is 12.6. The molecule has 1 aromatic carbocycles. The van der Waals surface area contributed by atoms with Crippen molar-refractivity contribution in [3.63, 3.8) is 0 Å². The van der Waals surface area contributed by atoms with Crippen molar-refractivity contribution >= 4 is 5.97 Å². The van der Waals surface area contributed by atoms with Gasteiger partial charge in [-0.05, 0) is 36.2 Å². The van der Waals surface area contributed by atoms with Crippen molar-refractivity contribution in [1.29, 1.82) is 0 Å². The number of benzene rings is 1. The second kappa shape index (κ2) is 5.57. The van der Waals surface area contributed by atoms with Gasteiger partial charge in [0.1, 0.15) is 5.54 Å². The van der Waals surface area contributed by atoms with E-state index in [1.807, 2.05) is 30.3 Å². The Kier molecular flexibility index (Phi) is 4.19. The van der Waals surface area contributed by atoms with Gasteiger partial charge in [0.25, 0.3) is 0 Å². The third kappa shape index (κ3) is 3.40. The molecule has 1 saturated carbocycles. The smallest absolute Gasteiger partial charge is 0.323 e. The molecular formula is C17H25NO2. The van der Waals surface area contributed by atoms with Gasteiger partial charge in [-0.1, -0.05) is 51.1 Å². The van der Waals surface area contributed by atoms with Gasteiger partial charge >= 0.3 is 5.97 Å². The Bertz CT molecular complexity index is 469. The minimum atomic E-state index is -0.795. The number of hydrogen-bond acceptors (Lipinski definition) is 2. The molecule has 1 aliphatic rings. The van der Waals surface area contributed by atoms with Crippen LogP contribution in [0.3, 0.4) is 0 Å². The molecule has 0 heterocycles. The minimum Gasteiger partial charge on any atom is -0.480 e. The molecule has 0 aliphatic heterocycles. The summed E-state index contributed by atoms with van der Waals surface area (Å²) in [6.07, 6.45) is 2.49. The lowest BCUT2D eigenvalue weighted by atomic mass is 9.64. The zero-order chi connectivity index (χ0) is 14.8. The van der Waals surface area contributed by atoms with Gasteiger partial charge in [0.15, 0.2) is 0 Å². The molecule has 20 heavy (non-hydrogen) atoms. The summed E-state index contributed by atoms with van der Waals surface area (Å²) in [7, 11) is 0. The van der Waals surface area contributed by atoms with Crippen LogP contribution in [-0.4, -0.2) is 16.6 Å². The van der Waals surface area contributed by atoms with Crippen molar-refractivity contribution in [2.45, 2.75) is 52.1 Å². The Morgan fingerprint density at radius 3 is 2.50 bits per heavy atom. The van der Waals surface area contributed by atoms with Gasteiger partial charge in [0.2, 0.25) is 0 Å². The number of carbonyl (C=O) groups is 1. The predicted molar refractivity (Wildman–Crippen MR) is 80.4 cm³/mol. The summed E-state index contributed by atoms with van der Waals surface area (Å²) in [5.74, 6) is -0.286. The van der Waals surface area contributed by atoms with Crippen LogP contribution in [0.25, 0.3) is 0 Å². The number of carboxylic acids is 1. The van der Waals surface area contributed by atoms with Gasteiger partial charge < -0.3 is 5.11 Å². The third-order valence-corrected chi connectivity index (χ3v) is 4.26. The molecule has 0 radical (unpaired) electrons. The molecule has 3 nitrogen and oxygen atoms in total. The summed E-state index contributed by atoms with van der Waals surface area (Å²) in [4.78, 5) is 11.9. The fourth-order valence-electron chi connectivity index (χ4n) is 3.81. The Labute approximate surface area is 121 Å². The first kappa shape index (κ1) is 15.0. The van der Waals surface area contributed by atoms with E-state index in [-0.39, 0.29) is 5.41 Å². The van der Waals surface area contributed by atoms with E-state index in [9.17, 15) is 9.90 Å². The molecule has 2 N–H and O–H groups in total. The highest BCUT2D eigenvalue weighted by Gasteiger charge is 2.47. The van der Waals surface area contributed by atoms with Gasteiger partial charge in [-0.3, -0.25) is 10.1 Å². The molecule has 1 aromatic rings. The Balaban J connectivity index is 2.15. The van der Waals surface area contributed by atoms with Crippen molar-refractivity contribution in [1.82, 2.24) is 5.32 Å². The molecule has 3 heteroatoms. The lowest BCUT2D eigenvalue weighted by molar-refractivity contribution is -0.149. The van der Waals surface area contributed by atoms with Crippen LogP contribution in [0.1, 0.15) is 45.6 Å². The van der Waals surface area contributed by atoms with E-state index < -0.39 is 11.5 Å². The lowest BCUT2D eigenvalue weighted by Crippen LogP contribution is -2.57. The summed E-state index contributed by atoms with van der Waals surface area (Å²) in [5, 5.41) is 13.1. The molecule has 0 amide bonds. The summed E-state index contributed by atoms with van der Waals surface area (Å²) in [5.41, 5.74) is 0.403. The van der Waals surface area contributed by atoms with Crippen molar-refractivity contribution < 1.29 is 9.90 Å². The number of nitrogens with one attached hydrogen (secondary N) is 1. The van der Waals surface area contributed by atoms with E-state index in [0.717, 1.165) is 12.0 Å². The molecule has 1 aliphatic carbocycles. The van der Waals surface area contributed by atoms with E-state index in [4.69, 9.17) is 0 Å². The van der Waals surface area contributed by atoms with E-state index in [2.05, 4.69) is 26.1 Å². The van der Waals surface area contributed by atoms with Crippen LogP contribution in [0.5, 0.6) is 0 Å². The second-order valence-electron chi connectivity index (χ2n) is 7.08. The average Bonchev–Trinajstić information content (AvgIpc) is 2.35. The normalized spacial score (nSPS) is 29.1. The standard InChI is InChI=1S/C17H25NO2/c1-13-9-16(2,3)12-17(10-13,15(19)20)18-11-14-7-5-4-6-8-14/h4-8,13,18H,9-12H2,1-3H3,(H,19,20). The first-order valence-corrected chi connectivity index (χ1v) is 7.35. The minimum absolute atomic E-state index is 0.0692. The summed E-state index contributed by atoms with van der Waals surface area (Å²) in [6.45, 7) is 7.10. The van der Waals surface area contributed by atoms with Crippen LogP contribution in [0.4, 0.5) is 0 Å². The fraction of sp³-hybridized carbons (Fsp3) is 0.588. The number of carboxylic acid groups (broad SMARTS) is 1. The van der Waals surface area contributed by atoms with Crippen LogP contribution in [0, 0.1) is 11.3 Å². The summed E-state index contributed by atoms with van der Waals surface area (Å²) < 4.78 is 0. The maximum atomic E-state index is 11.9. The average molecular weight is 275 g/mol. The molecule has 0 bridgehead atoms. The summed E-state index contributed by atoms with van der Waals surface area (Å²) in [6, 6.07) is 10.00. The van der Waals surface area contributed by atoms with Crippen LogP contribution < -0.4 is 5.32 Å². The fourth-order valence-corrected chi connectivity index (χ4v) is 3.81. The molecule has 0 spiro atoms. The highest BCUT2D eigenvalue weighted by Crippen LogP contribution is 2.44. The number of aliphatic carboxylic acids is 1. The summed E-state index contributed by atoms with van der Waals surface area (Å²) >= 11 is 0. The SMILES string of the molecule is CC1CC(C)(C)CC(NCc2ccccc2)(C(=O)O)C1. The van der Waals surface area contributed by atoms with E-state index >= 15 is 0 Å². The topological polar surface area (TPSA) is 49.3 Å². The monoisotopic (exact) mass is 275 g/mol. The van der Waals surface area contributed by atoms with E-state index in [1.54, 1.807) is 0 Å². The Morgan fingerprint density at radius 2 is 1.95 bits per heavy atom. The van der Waals surface area contributed by atoms with Crippen molar-refractivity contribution in [3.05, 3.63) is 35.9 Å².